The van der Waals surface area contributed by atoms with E-state index in [0.29, 0.717) is 5.82 Å². The van der Waals surface area contributed by atoms with E-state index >= 15 is 0 Å². The van der Waals surface area contributed by atoms with Gasteiger partial charge >= 0.3 is 0 Å². The number of aliphatic hydroxyl groups is 2. The van der Waals surface area contributed by atoms with Crippen LogP contribution in [0.15, 0.2) is 60.7 Å². The molecule has 2 aromatic carbocycles. The van der Waals surface area contributed by atoms with Crippen LogP contribution < -0.4 is 10.6 Å². The fourth-order valence-corrected chi connectivity index (χ4v) is 2.89. The Morgan fingerprint density at radius 3 is 1.90 bits per heavy atom. The van der Waals surface area contributed by atoms with Gasteiger partial charge in [0.1, 0.15) is 29.3 Å². The lowest BCUT2D eigenvalue weighted by molar-refractivity contribution is 0.186. The van der Waals surface area contributed by atoms with E-state index in [4.69, 9.17) is 0 Å². The van der Waals surface area contributed by atoms with Crippen molar-refractivity contribution in [3.63, 3.8) is 0 Å². The fourth-order valence-electron chi connectivity index (χ4n) is 2.89. The van der Waals surface area contributed by atoms with Crippen molar-refractivity contribution in [1.29, 1.82) is 5.26 Å². The number of benzene rings is 2. The van der Waals surface area contributed by atoms with Gasteiger partial charge in [0.25, 0.3) is 0 Å². The van der Waals surface area contributed by atoms with Crippen LogP contribution in [0.4, 0.5) is 20.4 Å². The van der Waals surface area contributed by atoms with Gasteiger partial charge in [0.15, 0.2) is 0 Å². The number of aliphatic hydroxyl groups excluding tert-OH is 2. The van der Waals surface area contributed by atoms with Crippen molar-refractivity contribution >= 4 is 11.6 Å². The second kappa shape index (κ2) is 9.78. The van der Waals surface area contributed by atoms with Gasteiger partial charge in [-0.3, -0.25) is 0 Å². The Kier molecular flexibility index (Phi) is 6.91. The first-order valence-electron chi connectivity index (χ1n) is 9.23. The zero-order valence-corrected chi connectivity index (χ0v) is 15.9. The molecule has 6 nitrogen and oxygen atoms in total. The summed E-state index contributed by atoms with van der Waals surface area (Å²) in [5.41, 5.74) is 0.520. The second-order valence-electron chi connectivity index (χ2n) is 6.54. The molecule has 0 bridgehead atoms. The molecular weight excluding hydrogens is 390 g/mol. The minimum atomic E-state index is -1.14. The molecule has 0 spiro atoms. The number of anilines is 2. The van der Waals surface area contributed by atoms with Crippen LogP contribution >= 0.6 is 0 Å². The van der Waals surface area contributed by atoms with Gasteiger partial charge in [0.05, 0.1) is 17.8 Å². The third-order valence-electron chi connectivity index (χ3n) is 4.48. The standard InChI is InChI=1S/C22H20F2N4O2/c23-17-7-3-1-5-15(17)19(29)12-26-21-10-9-14(11-25)22(28-21)27-13-20(30)16-6-2-4-8-18(16)24/h1-10,19-20,29-30H,12-13H2,(H2,26,27,28). The lowest BCUT2D eigenvalue weighted by atomic mass is 10.1. The predicted octanol–water partition coefficient (Wildman–Crippen LogP) is 3.52. The average Bonchev–Trinajstić information content (AvgIpc) is 2.76. The van der Waals surface area contributed by atoms with Crippen LogP contribution in [0.25, 0.3) is 0 Å². The Labute approximate surface area is 172 Å². The maximum atomic E-state index is 13.8. The Bertz CT molecular complexity index is 1060. The third-order valence-corrected chi connectivity index (χ3v) is 4.48. The summed E-state index contributed by atoms with van der Waals surface area (Å²) < 4.78 is 27.6. The summed E-state index contributed by atoms with van der Waals surface area (Å²) in [6.45, 7) is -0.0684. The van der Waals surface area contributed by atoms with E-state index in [0.717, 1.165) is 0 Å². The van der Waals surface area contributed by atoms with Crippen LogP contribution in [0.3, 0.4) is 0 Å². The lowest BCUT2D eigenvalue weighted by Gasteiger charge is -2.16. The Morgan fingerprint density at radius 2 is 1.37 bits per heavy atom. The molecule has 0 saturated heterocycles. The maximum Gasteiger partial charge on any atom is 0.146 e. The highest BCUT2D eigenvalue weighted by molar-refractivity contribution is 5.57. The Morgan fingerprint density at radius 1 is 0.833 bits per heavy atom. The number of hydrogen-bond donors (Lipinski definition) is 4. The number of nitrogens with zero attached hydrogens (tertiary/aromatic N) is 2. The summed E-state index contributed by atoms with van der Waals surface area (Å²) in [5.74, 6) is -0.507. The Balaban J connectivity index is 1.67. The fraction of sp³-hybridized carbons (Fsp3) is 0.182. The Hall–Kier alpha value is -3.54. The van der Waals surface area contributed by atoms with E-state index in [1.165, 1.54) is 42.5 Å². The SMILES string of the molecule is N#Cc1ccc(NCC(O)c2ccccc2F)nc1NCC(O)c1ccccc1F. The molecule has 2 unspecified atom stereocenters. The highest BCUT2D eigenvalue weighted by Gasteiger charge is 2.15. The van der Waals surface area contributed by atoms with Gasteiger partial charge in [-0.25, -0.2) is 13.8 Å². The molecule has 30 heavy (non-hydrogen) atoms. The zero-order valence-electron chi connectivity index (χ0n) is 15.9. The highest BCUT2D eigenvalue weighted by atomic mass is 19.1. The minimum absolute atomic E-state index is 0.00285. The molecule has 4 N–H and O–H groups in total. The van der Waals surface area contributed by atoms with Crippen LogP contribution in [0.2, 0.25) is 0 Å². The third kappa shape index (κ3) is 5.08. The molecule has 154 valence electrons. The molecular formula is C22H20F2N4O2. The van der Waals surface area contributed by atoms with E-state index < -0.39 is 23.8 Å². The normalized spacial score (nSPS) is 12.6. The molecule has 0 amide bonds. The summed E-state index contributed by atoms with van der Waals surface area (Å²) in [7, 11) is 0. The van der Waals surface area contributed by atoms with Crippen LogP contribution in [-0.4, -0.2) is 28.3 Å². The first kappa shape index (κ1) is 21.2. The summed E-state index contributed by atoms with van der Waals surface area (Å²) in [5, 5.41) is 35.4. The van der Waals surface area contributed by atoms with Gasteiger partial charge in [-0.05, 0) is 24.3 Å². The molecule has 3 aromatic rings. The van der Waals surface area contributed by atoms with Gasteiger partial charge in [0, 0.05) is 24.2 Å². The van der Waals surface area contributed by atoms with Crippen molar-refractivity contribution in [2.24, 2.45) is 0 Å². The number of nitrogens with one attached hydrogen (secondary N) is 2. The van der Waals surface area contributed by atoms with Crippen LogP contribution in [-0.2, 0) is 0 Å². The van der Waals surface area contributed by atoms with Gasteiger partial charge in [0.2, 0.25) is 0 Å². The lowest BCUT2D eigenvalue weighted by Crippen LogP contribution is -2.17. The van der Waals surface area contributed by atoms with Crippen molar-refractivity contribution < 1.29 is 19.0 Å². The van der Waals surface area contributed by atoms with Crippen molar-refractivity contribution in [2.45, 2.75) is 12.2 Å². The van der Waals surface area contributed by atoms with E-state index in [-0.39, 0.29) is 35.6 Å². The topological polar surface area (TPSA) is 101 Å². The van der Waals surface area contributed by atoms with Crippen LogP contribution in [0.1, 0.15) is 28.9 Å². The van der Waals surface area contributed by atoms with E-state index in [2.05, 4.69) is 15.6 Å². The summed E-state index contributed by atoms with van der Waals surface area (Å²) >= 11 is 0. The molecule has 0 aliphatic rings. The molecule has 0 aliphatic carbocycles. The van der Waals surface area contributed by atoms with Gasteiger partial charge in [-0.2, -0.15) is 5.26 Å². The van der Waals surface area contributed by atoms with E-state index in [1.54, 1.807) is 18.2 Å². The molecule has 0 fully saturated rings. The molecule has 8 heteroatoms. The number of hydrogen-bond acceptors (Lipinski definition) is 6. The second-order valence-corrected chi connectivity index (χ2v) is 6.54. The van der Waals surface area contributed by atoms with Gasteiger partial charge in [-0.1, -0.05) is 36.4 Å². The number of rotatable bonds is 8. The number of aromatic nitrogens is 1. The number of nitriles is 1. The van der Waals surface area contributed by atoms with Crippen LogP contribution in [0, 0.1) is 23.0 Å². The van der Waals surface area contributed by atoms with E-state index in [1.807, 2.05) is 6.07 Å². The first-order valence-corrected chi connectivity index (χ1v) is 9.23. The summed E-state index contributed by atoms with van der Waals surface area (Å²) in [4.78, 5) is 4.27. The van der Waals surface area contributed by atoms with Gasteiger partial charge < -0.3 is 20.8 Å². The monoisotopic (exact) mass is 410 g/mol. The highest BCUT2D eigenvalue weighted by Crippen LogP contribution is 2.21. The largest absolute Gasteiger partial charge is 0.386 e. The summed E-state index contributed by atoms with van der Waals surface area (Å²) in [6.07, 6.45) is -2.23. The molecule has 2 atom stereocenters. The molecule has 1 heterocycles. The molecule has 1 aromatic heterocycles. The van der Waals surface area contributed by atoms with Crippen molar-refractivity contribution in [2.75, 3.05) is 23.7 Å². The van der Waals surface area contributed by atoms with Crippen molar-refractivity contribution in [3.05, 3.63) is 89.0 Å². The first-order chi connectivity index (χ1) is 14.5. The molecule has 0 saturated carbocycles. The quantitative estimate of drug-likeness (QED) is 0.453. The van der Waals surface area contributed by atoms with Gasteiger partial charge in [-0.15, -0.1) is 0 Å². The average molecular weight is 410 g/mol. The number of halogens is 2. The minimum Gasteiger partial charge on any atom is -0.386 e. The maximum absolute atomic E-state index is 13.8. The summed E-state index contributed by atoms with van der Waals surface area (Å²) in [6, 6.07) is 16.8. The molecule has 0 radical (unpaired) electrons. The zero-order chi connectivity index (χ0) is 21.5. The van der Waals surface area contributed by atoms with Crippen molar-refractivity contribution in [3.8, 4) is 6.07 Å². The number of pyridine rings is 1. The smallest absolute Gasteiger partial charge is 0.146 e. The van der Waals surface area contributed by atoms with E-state index in [9.17, 15) is 24.3 Å². The van der Waals surface area contributed by atoms with Crippen molar-refractivity contribution in [1.82, 2.24) is 4.98 Å². The predicted molar refractivity (Wildman–Crippen MR) is 109 cm³/mol. The molecule has 0 aliphatic heterocycles. The molecule has 3 rings (SSSR count). The van der Waals surface area contributed by atoms with Crippen LogP contribution in [0.5, 0.6) is 0 Å².